The van der Waals surface area contributed by atoms with Gasteiger partial charge < -0.3 is 4.90 Å². The lowest BCUT2D eigenvalue weighted by Gasteiger charge is -2.36. The van der Waals surface area contributed by atoms with E-state index in [9.17, 15) is 4.79 Å². The van der Waals surface area contributed by atoms with Gasteiger partial charge in [-0.1, -0.05) is 19.1 Å². The lowest BCUT2D eigenvalue weighted by Crippen LogP contribution is -2.43. The van der Waals surface area contributed by atoms with E-state index in [1.54, 1.807) is 0 Å². The van der Waals surface area contributed by atoms with E-state index in [-0.39, 0.29) is 0 Å². The number of benzene rings is 1. The van der Waals surface area contributed by atoms with Crippen LogP contribution in [-0.2, 0) is 11.2 Å². The monoisotopic (exact) mass is 229 g/mol. The van der Waals surface area contributed by atoms with Crippen LogP contribution in [0.15, 0.2) is 24.3 Å². The van der Waals surface area contributed by atoms with Gasteiger partial charge in [-0.05, 0) is 37.0 Å². The number of fused-ring (bicyclic) bond motifs is 2. The number of aryl methyl sites for hydroxylation is 1. The second-order valence-electron chi connectivity index (χ2n) is 5.26. The molecule has 2 nitrogen and oxygen atoms in total. The molecule has 0 aromatic heterocycles. The molecule has 1 aromatic carbocycles. The maximum Gasteiger partial charge on any atom is 0.137 e. The van der Waals surface area contributed by atoms with Crippen molar-refractivity contribution >= 4 is 11.5 Å². The van der Waals surface area contributed by atoms with Gasteiger partial charge in [0, 0.05) is 30.6 Å². The van der Waals surface area contributed by atoms with E-state index in [0.29, 0.717) is 17.9 Å². The summed E-state index contributed by atoms with van der Waals surface area (Å²) in [7, 11) is 0. The molecule has 0 N–H and O–H groups in total. The van der Waals surface area contributed by atoms with Crippen LogP contribution >= 0.6 is 0 Å². The first-order chi connectivity index (χ1) is 8.28. The van der Waals surface area contributed by atoms with E-state index in [1.165, 1.54) is 24.1 Å². The molecule has 2 unspecified atom stereocenters. The highest BCUT2D eigenvalue weighted by Crippen LogP contribution is 2.38. The van der Waals surface area contributed by atoms with Gasteiger partial charge in [0.1, 0.15) is 5.78 Å². The van der Waals surface area contributed by atoms with Crippen LogP contribution in [0.25, 0.3) is 0 Å². The maximum atomic E-state index is 11.6. The zero-order chi connectivity index (χ0) is 11.8. The Morgan fingerprint density at radius 1 is 1.24 bits per heavy atom. The third-order valence-electron chi connectivity index (χ3n) is 4.16. The molecule has 0 amide bonds. The van der Waals surface area contributed by atoms with Crippen molar-refractivity contribution in [2.75, 3.05) is 4.90 Å². The number of hydrogen-bond acceptors (Lipinski definition) is 2. The van der Waals surface area contributed by atoms with Gasteiger partial charge in [-0.15, -0.1) is 0 Å². The summed E-state index contributed by atoms with van der Waals surface area (Å²) < 4.78 is 0. The highest BCUT2D eigenvalue weighted by molar-refractivity contribution is 5.83. The summed E-state index contributed by atoms with van der Waals surface area (Å²) in [5.74, 6) is 0.459. The number of hydrogen-bond donors (Lipinski definition) is 0. The van der Waals surface area contributed by atoms with Crippen molar-refractivity contribution in [1.29, 1.82) is 0 Å². The minimum atomic E-state index is 0.459. The maximum absolute atomic E-state index is 11.6. The molecular weight excluding hydrogens is 210 g/mol. The summed E-state index contributed by atoms with van der Waals surface area (Å²) in [5, 5.41) is 0. The SMILES string of the molecule is CCc1cccc(N2C3CCC2CC(=O)C3)c1. The molecule has 0 aliphatic carbocycles. The molecule has 2 bridgehead atoms. The Morgan fingerprint density at radius 3 is 2.59 bits per heavy atom. The zero-order valence-electron chi connectivity index (χ0n) is 10.4. The Balaban J connectivity index is 1.91. The van der Waals surface area contributed by atoms with Gasteiger partial charge in [-0.2, -0.15) is 0 Å². The molecule has 1 aromatic rings. The number of carbonyl (C=O) groups excluding carboxylic acids is 1. The average molecular weight is 229 g/mol. The fourth-order valence-corrected chi connectivity index (χ4v) is 3.33. The number of Topliss-reactive ketones (excluding diaryl/α,β-unsaturated/α-hetero) is 1. The predicted octanol–water partition coefficient (Wildman–Crippen LogP) is 2.95. The smallest absolute Gasteiger partial charge is 0.137 e. The molecule has 0 spiro atoms. The molecule has 17 heavy (non-hydrogen) atoms. The van der Waals surface area contributed by atoms with Gasteiger partial charge in [-0.3, -0.25) is 4.79 Å². The van der Waals surface area contributed by atoms with Crippen LogP contribution in [0.5, 0.6) is 0 Å². The van der Waals surface area contributed by atoms with E-state index in [1.807, 2.05) is 0 Å². The molecule has 2 aliphatic rings. The molecular formula is C15H19NO. The summed E-state index contributed by atoms with van der Waals surface area (Å²) in [4.78, 5) is 14.1. The van der Waals surface area contributed by atoms with Crippen LogP contribution in [0.3, 0.4) is 0 Å². The lowest BCUT2D eigenvalue weighted by atomic mass is 10.00. The first-order valence-corrected chi connectivity index (χ1v) is 6.67. The highest BCUT2D eigenvalue weighted by Gasteiger charge is 2.39. The fourth-order valence-electron chi connectivity index (χ4n) is 3.33. The highest BCUT2D eigenvalue weighted by atomic mass is 16.1. The van der Waals surface area contributed by atoms with Crippen molar-refractivity contribution in [1.82, 2.24) is 0 Å². The Labute approximate surface area is 103 Å². The predicted molar refractivity (Wildman–Crippen MR) is 69.4 cm³/mol. The number of anilines is 1. The van der Waals surface area contributed by atoms with Gasteiger partial charge in [0.15, 0.2) is 0 Å². The molecule has 3 rings (SSSR count). The van der Waals surface area contributed by atoms with Crippen molar-refractivity contribution < 1.29 is 4.79 Å². The summed E-state index contributed by atoms with van der Waals surface area (Å²) in [6.45, 7) is 2.19. The van der Waals surface area contributed by atoms with Gasteiger partial charge in [-0.25, -0.2) is 0 Å². The zero-order valence-corrected chi connectivity index (χ0v) is 10.4. The Morgan fingerprint density at radius 2 is 1.94 bits per heavy atom. The van der Waals surface area contributed by atoms with Crippen LogP contribution in [0.1, 0.15) is 38.2 Å². The van der Waals surface area contributed by atoms with Gasteiger partial charge >= 0.3 is 0 Å². The van der Waals surface area contributed by atoms with Crippen LogP contribution in [0.4, 0.5) is 5.69 Å². The van der Waals surface area contributed by atoms with Crippen LogP contribution < -0.4 is 4.90 Å². The first kappa shape index (κ1) is 10.8. The summed E-state index contributed by atoms with van der Waals surface area (Å²) >= 11 is 0. The molecule has 2 aliphatic heterocycles. The molecule has 2 atom stereocenters. The lowest BCUT2D eigenvalue weighted by molar-refractivity contribution is -0.120. The van der Waals surface area contributed by atoms with E-state index < -0.39 is 0 Å². The fraction of sp³-hybridized carbons (Fsp3) is 0.533. The number of ketones is 1. The summed E-state index contributed by atoms with van der Waals surface area (Å²) in [5.41, 5.74) is 2.71. The number of piperidine rings is 1. The second-order valence-corrected chi connectivity index (χ2v) is 5.26. The largest absolute Gasteiger partial charge is 0.365 e. The van der Waals surface area contributed by atoms with Crippen molar-refractivity contribution in [2.45, 2.75) is 51.1 Å². The Bertz CT molecular complexity index is 424. The molecule has 2 heteroatoms. The van der Waals surface area contributed by atoms with Gasteiger partial charge in [0.2, 0.25) is 0 Å². The number of carbonyl (C=O) groups is 1. The van der Waals surface area contributed by atoms with E-state index in [0.717, 1.165) is 19.3 Å². The molecule has 0 radical (unpaired) electrons. The van der Waals surface area contributed by atoms with Gasteiger partial charge in [0.25, 0.3) is 0 Å². The van der Waals surface area contributed by atoms with Crippen LogP contribution in [0.2, 0.25) is 0 Å². The molecule has 90 valence electrons. The van der Waals surface area contributed by atoms with E-state index in [2.05, 4.69) is 36.1 Å². The van der Waals surface area contributed by atoms with Crippen molar-refractivity contribution in [3.8, 4) is 0 Å². The molecule has 2 fully saturated rings. The van der Waals surface area contributed by atoms with Gasteiger partial charge in [0.05, 0.1) is 0 Å². The molecule has 2 heterocycles. The average Bonchev–Trinajstić information content (AvgIpc) is 2.62. The standard InChI is InChI=1S/C15H19NO/c1-2-11-4-3-5-12(8-11)16-13-6-7-14(16)10-15(17)9-13/h3-5,8,13-14H,2,6-7,9-10H2,1H3. The topological polar surface area (TPSA) is 20.3 Å². The second kappa shape index (κ2) is 4.17. The van der Waals surface area contributed by atoms with Crippen molar-refractivity contribution in [3.05, 3.63) is 29.8 Å². The summed E-state index contributed by atoms with van der Waals surface area (Å²) in [6, 6.07) is 9.74. The Kier molecular flexibility index (Phi) is 2.65. The van der Waals surface area contributed by atoms with Crippen molar-refractivity contribution in [2.24, 2.45) is 0 Å². The quantitative estimate of drug-likeness (QED) is 0.777. The Hall–Kier alpha value is -1.31. The first-order valence-electron chi connectivity index (χ1n) is 6.67. The van der Waals surface area contributed by atoms with Crippen LogP contribution in [-0.4, -0.2) is 17.9 Å². The van der Waals surface area contributed by atoms with Crippen LogP contribution in [0, 0.1) is 0 Å². The van der Waals surface area contributed by atoms with Crippen molar-refractivity contribution in [3.63, 3.8) is 0 Å². The minimum absolute atomic E-state index is 0.459. The summed E-state index contributed by atoms with van der Waals surface area (Å²) in [6.07, 6.45) is 4.97. The van der Waals surface area contributed by atoms with E-state index >= 15 is 0 Å². The number of rotatable bonds is 2. The third-order valence-corrected chi connectivity index (χ3v) is 4.16. The molecule has 2 saturated heterocycles. The minimum Gasteiger partial charge on any atom is -0.365 e. The third kappa shape index (κ3) is 1.86. The van der Waals surface area contributed by atoms with E-state index in [4.69, 9.17) is 0 Å². The molecule has 0 saturated carbocycles. The number of nitrogens with zero attached hydrogens (tertiary/aromatic N) is 1. The normalized spacial score (nSPS) is 27.6.